The number of benzene rings is 1. The van der Waals surface area contributed by atoms with E-state index in [-0.39, 0.29) is 18.0 Å². The molecule has 2 heterocycles. The number of likely N-dealkylation sites (tertiary alicyclic amines) is 1. The molecule has 19 heavy (non-hydrogen) atoms. The van der Waals surface area contributed by atoms with Gasteiger partial charge in [-0.25, -0.2) is 4.98 Å². The van der Waals surface area contributed by atoms with Crippen LogP contribution in [0.5, 0.6) is 0 Å². The lowest BCUT2D eigenvalue weighted by Gasteiger charge is -2.25. The normalized spacial score (nSPS) is 16.2. The Morgan fingerprint density at radius 3 is 2.68 bits per heavy atom. The zero-order valence-corrected chi connectivity index (χ0v) is 11.6. The van der Waals surface area contributed by atoms with Gasteiger partial charge in [0.25, 0.3) is 5.56 Å². The highest BCUT2D eigenvalue weighted by molar-refractivity contribution is 5.85. The predicted octanol–water partition coefficient (Wildman–Crippen LogP) is 2.33. The zero-order chi connectivity index (χ0) is 12.4. The summed E-state index contributed by atoms with van der Waals surface area (Å²) in [6.07, 6.45) is 3.81. The molecule has 0 amide bonds. The number of nitrogens with zero attached hydrogens (tertiary/aromatic N) is 2. The number of fused-ring (bicyclic) bond motifs is 1. The Hall–Kier alpha value is -1.39. The van der Waals surface area contributed by atoms with Crippen molar-refractivity contribution in [3.05, 3.63) is 40.4 Å². The SMILES string of the molecule is Cl.O=c1[nH]c(CN2CCCCC2)nc2ccccc12. The number of nitrogens with one attached hydrogen (secondary N) is 1. The van der Waals surface area contributed by atoms with E-state index in [1.54, 1.807) is 0 Å². The molecule has 0 aliphatic carbocycles. The van der Waals surface area contributed by atoms with E-state index >= 15 is 0 Å². The van der Waals surface area contributed by atoms with Gasteiger partial charge in [0.2, 0.25) is 0 Å². The van der Waals surface area contributed by atoms with Gasteiger partial charge in [-0.2, -0.15) is 0 Å². The Morgan fingerprint density at radius 2 is 1.89 bits per heavy atom. The first-order chi connectivity index (χ1) is 8.83. The number of hydrogen-bond donors (Lipinski definition) is 1. The van der Waals surface area contributed by atoms with Crippen molar-refractivity contribution in [2.75, 3.05) is 13.1 Å². The lowest BCUT2D eigenvalue weighted by molar-refractivity contribution is 0.216. The Kier molecular flexibility index (Phi) is 4.56. The average molecular weight is 280 g/mol. The highest BCUT2D eigenvalue weighted by Crippen LogP contribution is 2.12. The third kappa shape index (κ3) is 3.14. The Balaban J connectivity index is 0.00000133. The van der Waals surface area contributed by atoms with Crippen LogP contribution in [0.1, 0.15) is 25.1 Å². The largest absolute Gasteiger partial charge is 0.309 e. The molecule has 2 aromatic rings. The minimum Gasteiger partial charge on any atom is -0.309 e. The summed E-state index contributed by atoms with van der Waals surface area (Å²) in [4.78, 5) is 21.7. The van der Waals surface area contributed by atoms with Crippen LogP contribution in [0.25, 0.3) is 10.9 Å². The highest BCUT2D eigenvalue weighted by atomic mass is 35.5. The molecule has 102 valence electrons. The van der Waals surface area contributed by atoms with E-state index in [0.717, 1.165) is 31.0 Å². The topological polar surface area (TPSA) is 49.0 Å². The van der Waals surface area contributed by atoms with Crippen molar-refractivity contribution in [3.8, 4) is 0 Å². The second-order valence-electron chi connectivity index (χ2n) is 4.87. The Morgan fingerprint density at radius 1 is 1.16 bits per heavy atom. The lowest BCUT2D eigenvalue weighted by Crippen LogP contribution is -2.30. The highest BCUT2D eigenvalue weighted by Gasteiger charge is 2.12. The van der Waals surface area contributed by atoms with Gasteiger partial charge in [0, 0.05) is 0 Å². The van der Waals surface area contributed by atoms with Crippen LogP contribution >= 0.6 is 12.4 Å². The smallest absolute Gasteiger partial charge is 0.258 e. The van der Waals surface area contributed by atoms with Gasteiger partial charge < -0.3 is 4.98 Å². The van der Waals surface area contributed by atoms with Gasteiger partial charge in [-0.05, 0) is 38.1 Å². The van der Waals surface area contributed by atoms with Crippen LogP contribution < -0.4 is 5.56 Å². The fraction of sp³-hybridized carbons (Fsp3) is 0.429. The van der Waals surface area contributed by atoms with Crippen molar-refractivity contribution in [3.63, 3.8) is 0 Å². The summed E-state index contributed by atoms with van der Waals surface area (Å²) < 4.78 is 0. The van der Waals surface area contributed by atoms with E-state index < -0.39 is 0 Å². The zero-order valence-electron chi connectivity index (χ0n) is 10.8. The second kappa shape index (κ2) is 6.17. The number of halogens is 1. The van der Waals surface area contributed by atoms with E-state index in [4.69, 9.17) is 0 Å². The van der Waals surface area contributed by atoms with E-state index in [2.05, 4.69) is 14.9 Å². The standard InChI is InChI=1S/C14H17N3O.ClH/c18-14-11-6-2-3-7-12(11)15-13(16-14)10-17-8-4-1-5-9-17;/h2-3,6-7H,1,4-5,8-10H2,(H,15,16,18);1H. The Labute approximate surface area is 118 Å². The van der Waals surface area contributed by atoms with Crippen molar-refractivity contribution in [2.24, 2.45) is 0 Å². The molecule has 1 fully saturated rings. The first-order valence-corrected chi connectivity index (χ1v) is 6.53. The first kappa shape index (κ1) is 14.0. The number of piperidine rings is 1. The molecule has 0 saturated carbocycles. The molecule has 4 nitrogen and oxygen atoms in total. The molecule has 1 aliphatic rings. The minimum absolute atomic E-state index is 0. The monoisotopic (exact) mass is 279 g/mol. The molecule has 1 aromatic carbocycles. The third-order valence-electron chi connectivity index (χ3n) is 3.48. The molecule has 0 bridgehead atoms. The van der Waals surface area contributed by atoms with Crippen LogP contribution in [0.4, 0.5) is 0 Å². The number of aromatic amines is 1. The Bertz CT molecular complexity index is 605. The summed E-state index contributed by atoms with van der Waals surface area (Å²) in [5.74, 6) is 0.778. The molecule has 0 unspecified atom stereocenters. The van der Waals surface area contributed by atoms with E-state index in [9.17, 15) is 4.79 Å². The van der Waals surface area contributed by atoms with E-state index in [1.807, 2.05) is 24.3 Å². The van der Waals surface area contributed by atoms with Crippen molar-refractivity contribution < 1.29 is 0 Å². The van der Waals surface area contributed by atoms with Gasteiger partial charge in [0.05, 0.1) is 17.4 Å². The summed E-state index contributed by atoms with van der Waals surface area (Å²) in [6, 6.07) is 7.49. The van der Waals surface area contributed by atoms with Gasteiger partial charge in [-0.1, -0.05) is 18.6 Å². The molecule has 0 radical (unpaired) electrons. The molecule has 3 rings (SSSR count). The number of rotatable bonds is 2. The maximum atomic E-state index is 11.9. The summed E-state index contributed by atoms with van der Waals surface area (Å²) in [6.45, 7) is 2.97. The van der Waals surface area contributed by atoms with E-state index in [0.29, 0.717) is 5.39 Å². The van der Waals surface area contributed by atoms with Crippen LogP contribution in [0.2, 0.25) is 0 Å². The van der Waals surface area contributed by atoms with Gasteiger partial charge >= 0.3 is 0 Å². The van der Waals surface area contributed by atoms with Crippen LogP contribution in [0, 0.1) is 0 Å². The molecule has 1 saturated heterocycles. The second-order valence-corrected chi connectivity index (χ2v) is 4.87. The molecular weight excluding hydrogens is 262 g/mol. The summed E-state index contributed by atoms with van der Waals surface area (Å²) in [5, 5.41) is 0.667. The average Bonchev–Trinajstić information content (AvgIpc) is 2.40. The van der Waals surface area contributed by atoms with Crippen LogP contribution in [-0.2, 0) is 6.54 Å². The van der Waals surface area contributed by atoms with Crippen LogP contribution in [0.15, 0.2) is 29.1 Å². The molecule has 5 heteroatoms. The molecule has 0 spiro atoms. The van der Waals surface area contributed by atoms with Gasteiger partial charge in [-0.3, -0.25) is 9.69 Å². The summed E-state index contributed by atoms with van der Waals surface area (Å²) >= 11 is 0. The van der Waals surface area contributed by atoms with Gasteiger partial charge in [0.15, 0.2) is 0 Å². The third-order valence-corrected chi connectivity index (χ3v) is 3.48. The fourth-order valence-corrected chi connectivity index (χ4v) is 2.54. The number of hydrogen-bond acceptors (Lipinski definition) is 3. The predicted molar refractivity (Wildman–Crippen MR) is 78.7 cm³/mol. The molecule has 1 aliphatic heterocycles. The molecule has 1 N–H and O–H groups in total. The van der Waals surface area contributed by atoms with Crippen molar-refractivity contribution in [1.29, 1.82) is 0 Å². The first-order valence-electron chi connectivity index (χ1n) is 6.53. The molecular formula is C14H18ClN3O. The molecule has 1 aromatic heterocycles. The van der Waals surface area contributed by atoms with Crippen LogP contribution in [0.3, 0.4) is 0 Å². The molecule has 0 atom stereocenters. The van der Waals surface area contributed by atoms with Gasteiger partial charge in [-0.15, -0.1) is 12.4 Å². The minimum atomic E-state index is -0.0346. The number of H-pyrrole nitrogens is 1. The van der Waals surface area contributed by atoms with Crippen molar-refractivity contribution in [2.45, 2.75) is 25.8 Å². The maximum Gasteiger partial charge on any atom is 0.258 e. The maximum absolute atomic E-state index is 11.9. The quantitative estimate of drug-likeness (QED) is 0.918. The van der Waals surface area contributed by atoms with Crippen molar-refractivity contribution >= 4 is 23.3 Å². The number of para-hydroxylation sites is 1. The fourth-order valence-electron chi connectivity index (χ4n) is 2.54. The lowest BCUT2D eigenvalue weighted by atomic mass is 10.1. The van der Waals surface area contributed by atoms with Gasteiger partial charge in [0.1, 0.15) is 5.82 Å². The number of aromatic nitrogens is 2. The summed E-state index contributed by atoms with van der Waals surface area (Å²) in [7, 11) is 0. The van der Waals surface area contributed by atoms with E-state index in [1.165, 1.54) is 19.3 Å². The van der Waals surface area contributed by atoms with Crippen molar-refractivity contribution in [1.82, 2.24) is 14.9 Å². The van der Waals surface area contributed by atoms with Crippen LogP contribution in [-0.4, -0.2) is 28.0 Å². The summed E-state index contributed by atoms with van der Waals surface area (Å²) in [5.41, 5.74) is 0.751.